The number of nitrogens with zero attached hydrogens (tertiary/aromatic N) is 1. The minimum absolute atomic E-state index is 0.170. The van der Waals surface area contributed by atoms with E-state index >= 15 is 0 Å². The number of carbonyl (C=O) groups is 1. The van der Waals surface area contributed by atoms with Crippen molar-refractivity contribution in [3.63, 3.8) is 0 Å². The van der Waals surface area contributed by atoms with Crippen molar-refractivity contribution in [2.24, 2.45) is 0 Å². The van der Waals surface area contributed by atoms with Crippen molar-refractivity contribution in [1.29, 1.82) is 0 Å². The van der Waals surface area contributed by atoms with E-state index in [-0.39, 0.29) is 18.0 Å². The maximum Gasteiger partial charge on any atom is 0.220 e. The summed E-state index contributed by atoms with van der Waals surface area (Å²) in [6, 6.07) is 0.539. The first-order valence-corrected chi connectivity index (χ1v) is 6.48. The molecule has 0 saturated carbocycles. The Labute approximate surface area is 99.5 Å². The molecule has 0 spiro atoms. The van der Waals surface area contributed by atoms with Gasteiger partial charge in [0.25, 0.3) is 0 Å². The van der Waals surface area contributed by atoms with Gasteiger partial charge in [-0.05, 0) is 20.3 Å². The van der Waals surface area contributed by atoms with E-state index in [4.69, 9.17) is 0 Å². The second kappa shape index (κ2) is 4.93. The lowest BCUT2D eigenvalue weighted by atomic mass is 10.2. The van der Waals surface area contributed by atoms with Crippen molar-refractivity contribution >= 4 is 17.2 Å². The zero-order valence-corrected chi connectivity index (χ0v) is 10.4. The molecule has 0 bridgehead atoms. The standard InChI is InChI=1S/C11H17N3OS/c1-7(10-6-16-8(2)13-10)12-5-9-3-4-11(15)14-9/h6-7,9,12H,3-5H2,1-2H3,(H,14,15). The van der Waals surface area contributed by atoms with Crippen LogP contribution in [0.4, 0.5) is 0 Å². The number of nitrogens with one attached hydrogen (secondary N) is 2. The summed E-state index contributed by atoms with van der Waals surface area (Å²) in [6.07, 6.45) is 1.60. The molecule has 2 N–H and O–H groups in total. The van der Waals surface area contributed by atoms with Crippen LogP contribution in [0.1, 0.15) is 36.5 Å². The van der Waals surface area contributed by atoms with Crippen LogP contribution in [0, 0.1) is 6.92 Å². The van der Waals surface area contributed by atoms with E-state index in [0.717, 1.165) is 23.7 Å². The van der Waals surface area contributed by atoms with Gasteiger partial charge in [-0.1, -0.05) is 0 Å². The lowest BCUT2D eigenvalue weighted by Crippen LogP contribution is -2.36. The lowest BCUT2D eigenvalue weighted by Gasteiger charge is -2.15. The quantitative estimate of drug-likeness (QED) is 0.834. The van der Waals surface area contributed by atoms with Crippen molar-refractivity contribution in [2.75, 3.05) is 6.54 Å². The molecule has 0 radical (unpaired) electrons. The van der Waals surface area contributed by atoms with Crippen LogP contribution in [0.3, 0.4) is 0 Å². The molecule has 1 aromatic rings. The monoisotopic (exact) mass is 239 g/mol. The highest BCUT2D eigenvalue weighted by Crippen LogP contribution is 2.16. The average molecular weight is 239 g/mol. The predicted molar refractivity (Wildman–Crippen MR) is 64.4 cm³/mol. The minimum atomic E-state index is 0.170. The summed E-state index contributed by atoms with van der Waals surface area (Å²) >= 11 is 1.67. The van der Waals surface area contributed by atoms with Crippen LogP contribution in [-0.2, 0) is 4.79 Å². The number of rotatable bonds is 4. The van der Waals surface area contributed by atoms with Gasteiger partial charge in [0.1, 0.15) is 0 Å². The molecule has 1 aliphatic heterocycles. The Hall–Kier alpha value is -0.940. The smallest absolute Gasteiger partial charge is 0.220 e. The van der Waals surface area contributed by atoms with Gasteiger partial charge < -0.3 is 10.6 Å². The first-order valence-electron chi connectivity index (χ1n) is 5.60. The maximum absolute atomic E-state index is 11.0. The molecule has 1 amide bonds. The van der Waals surface area contributed by atoms with E-state index in [1.807, 2.05) is 6.92 Å². The summed E-state index contributed by atoms with van der Waals surface area (Å²) in [4.78, 5) is 15.5. The van der Waals surface area contributed by atoms with E-state index in [9.17, 15) is 4.79 Å². The Morgan fingerprint density at radius 2 is 2.56 bits per heavy atom. The van der Waals surface area contributed by atoms with Crippen molar-refractivity contribution in [3.8, 4) is 0 Å². The Bertz CT molecular complexity index is 377. The topological polar surface area (TPSA) is 54.0 Å². The number of thiazole rings is 1. The average Bonchev–Trinajstić information content (AvgIpc) is 2.84. The number of aryl methyl sites for hydroxylation is 1. The summed E-state index contributed by atoms with van der Waals surface area (Å²) in [5.74, 6) is 0.170. The molecule has 4 nitrogen and oxygen atoms in total. The third-order valence-corrected chi connectivity index (χ3v) is 3.63. The molecule has 1 fully saturated rings. The molecule has 1 saturated heterocycles. The van der Waals surface area contributed by atoms with Gasteiger partial charge >= 0.3 is 0 Å². The highest BCUT2D eigenvalue weighted by atomic mass is 32.1. The van der Waals surface area contributed by atoms with Crippen LogP contribution in [0.5, 0.6) is 0 Å². The van der Waals surface area contributed by atoms with Gasteiger partial charge in [0.15, 0.2) is 0 Å². The lowest BCUT2D eigenvalue weighted by molar-refractivity contribution is -0.119. The molecule has 2 rings (SSSR count). The second-order valence-corrected chi connectivity index (χ2v) is 5.29. The molecular weight excluding hydrogens is 222 g/mol. The fourth-order valence-corrected chi connectivity index (χ4v) is 2.54. The van der Waals surface area contributed by atoms with Gasteiger partial charge in [-0.2, -0.15) is 0 Å². The van der Waals surface area contributed by atoms with Crippen LogP contribution < -0.4 is 10.6 Å². The van der Waals surface area contributed by atoms with Gasteiger partial charge in [0, 0.05) is 30.4 Å². The van der Waals surface area contributed by atoms with Crippen LogP contribution in [0.25, 0.3) is 0 Å². The highest BCUT2D eigenvalue weighted by molar-refractivity contribution is 7.09. The van der Waals surface area contributed by atoms with E-state index in [1.54, 1.807) is 11.3 Å². The SMILES string of the molecule is Cc1nc(C(C)NCC2CCC(=O)N2)cs1. The zero-order chi connectivity index (χ0) is 11.5. The van der Waals surface area contributed by atoms with Crippen LogP contribution in [0.15, 0.2) is 5.38 Å². The summed E-state index contributed by atoms with van der Waals surface area (Å²) in [5, 5.41) is 9.53. The van der Waals surface area contributed by atoms with Crippen molar-refractivity contribution in [3.05, 3.63) is 16.1 Å². The predicted octanol–water partition coefficient (Wildman–Crippen LogP) is 1.38. The van der Waals surface area contributed by atoms with Gasteiger partial charge in [0.2, 0.25) is 5.91 Å². The zero-order valence-electron chi connectivity index (χ0n) is 9.62. The van der Waals surface area contributed by atoms with Crippen LogP contribution >= 0.6 is 11.3 Å². The maximum atomic E-state index is 11.0. The third-order valence-electron chi connectivity index (χ3n) is 2.84. The molecule has 2 heterocycles. The fraction of sp³-hybridized carbons (Fsp3) is 0.636. The molecule has 1 aliphatic rings. The normalized spacial score (nSPS) is 22.1. The molecule has 0 aliphatic carbocycles. The van der Waals surface area contributed by atoms with E-state index in [0.29, 0.717) is 6.42 Å². The van der Waals surface area contributed by atoms with E-state index in [2.05, 4.69) is 27.9 Å². The summed E-state index contributed by atoms with van der Waals surface area (Å²) in [7, 11) is 0. The Morgan fingerprint density at radius 1 is 1.75 bits per heavy atom. The minimum Gasteiger partial charge on any atom is -0.352 e. The van der Waals surface area contributed by atoms with E-state index in [1.165, 1.54) is 0 Å². The first-order chi connectivity index (χ1) is 7.65. The summed E-state index contributed by atoms with van der Waals surface area (Å²) in [5.41, 5.74) is 1.09. The molecule has 16 heavy (non-hydrogen) atoms. The van der Waals surface area contributed by atoms with Gasteiger partial charge in [-0.25, -0.2) is 4.98 Å². The largest absolute Gasteiger partial charge is 0.352 e. The molecule has 5 heteroatoms. The molecular formula is C11H17N3OS. The van der Waals surface area contributed by atoms with Crippen molar-refractivity contribution in [1.82, 2.24) is 15.6 Å². The van der Waals surface area contributed by atoms with E-state index < -0.39 is 0 Å². The number of hydrogen-bond acceptors (Lipinski definition) is 4. The summed E-state index contributed by atoms with van der Waals surface area (Å²) < 4.78 is 0. The number of hydrogen-bond donors (Lipinski definition) is 2. The van der Waals surface area contributed by atoms with Gasteiger partial charge in [-0.15, -0.1) is 11.3 Å². The third kappa shape index (κ3) is 2.80. The van der Waals surface area contributed by atoms with Crippen molar-refractivity contribution in [2.45, 2.75) is 38.8 Å². The number of amides is 1. The molecule has 88 valence electrons. The Balaban J connectivity index is 1.79. The summed E-state index contributed by atoms with van der Waals surface area (Å²) in [6.45, 7) is 4.94. The number of carbonyl (C=O) groups excluding carboxylic acids is 1. The first kappa shape index (κ1) is 11.5. The molecule has 1 aromatic heterocycles. The molecule has 2 atom stereocenters. The van der Waals surface area contributed by atoms with Gasteiger partial charge in [0.05, 0.1) is 10.7 Å². The van der Waals surface area contributed by atoms with Gasteiger partial charge in [-0.3, -0.25) is 4.79 Å². The Morgan fingerprint density at radius 3 is 3.12 bits per heavy atom. The second-order valence-electron chi connectivity index (χ2n) is 4.22. The molecule has 0 aromatic carbocycles. The van der Waals surface area contributed by atoms with Crippen LogP contribution in [0.2, 0.25) is 0 Å². The number of aromatic nitrogens is 1. The Kier molecular flexibility index (Phi) is 3.56. The van der Waals surface area contributed by atoms with Crippen molar-refractivity contribution < 1.29 is 4.79 Å². The molecule has 2 unspecified atom stereocenters. The fourth-order valence-electron chi connectivity index (χ4n) is 1.83. The highest BCUT2D eigenvalue weighted by Gasteiger charge is 2.21. The van der Waals surface area contributed by atoms with Crippen LogP contribution in [-0.4, -0.2) is 23.5 Å².